The molecule has 158 valence electrons. The van der Waals surface area contributed by atoms with E-state index in [1.807, 2.05) is 0 Å². The van der Waals surface area contributed by atoms with Crippen molar-refractivity contribution in [3.05, 3.63) is 68.1 Å². The molecule has 0 aliphatic carbocycles. The molecular weight excluding hydrogens is 470 g/mol. The van der Waals surface area contributed by atoms with Crippen molar-refractivity contribution in [2.45, 2.75) is 12.8 Å². The van der Waals surface area contributed by atoms with Crippen molar-refractivity contribution >= 4 is 52.6 Å². The average Bonchev–Trinajstić information content (AvgIpc) is 2.71. The first kappa shape index (κ1) is 24.2. The van der Waals surface area contributed by atoms with Crippen LogP contribution in [0.3, 0.4) is 0 Å². The normalized spacial score (nSPS) is 10.5. The Kier molecular flexibility index (Phi) is 10.7. The monoisotopic (exact) mass is 486 g/mol. The predicted molar refractivity (Wildman–Crippen MR) is 121 cm³/mol. The number of benzene rings is 2. The van der Waals surface area contributed by atoms with Crippen LogP contribution in [0.2, 0.25) is 10.0 Å². The highest BCUT2D eigenvalue weighted by molar-refractivity contribution is 6.55. The van der Waals surface area contributed by atoms with Crippen molar-refractivity contribution in [1.29, 1.82) is 5.26 Å². The molecule has 2 aromatic rings. The van der Waals surface area contributed by atoms with Crippen LogP contribution in [0.5, 0.6) is 11.5 Å². The van der Waals surface area contributed by atoms with E-state index in [2.05, 4.69) is 11.2 Å². The van der Waals surface area contributed by atoms with Gasteiger partial charge in [-0.3, -0.25) is 0 Å². The van der Waals surface area contributed by atoms with E-state index in [4.69, 9.17) is 66.0 Å². The van der Waals surface area contributed by atoms with Gasteiger partial charge in [0.05, 0.1) is 34.5 Å². The highest BCUT2D eigenvalue weighted by atomic mass is 35.5. The molecule has 0 N–H and O–H groups in total. The van der Waals surface area contributed by atoms with Gasteiger partial charge in [-0.05, 0) is 36.6 Å². The lowest BCUT2D eigenvalue weighted by molar-refractivity contribution is 0.137. The summed E-state index contributed by atoms with van der Waals surface area (Å²) in [4.78, 5) is 5.22. The number of rotatable bonds is 11. The fourth-order valence-corrected chi connectivity index (χ4v) is 2.90. The first-order valence-electron chi connectivity index (χ1n) is 8.91. The Balaban J connectivity index is 1.68. The van der Waals surface area contributed by atoms with Gasteiger partial charge in [0.2, 0.25) is 0 Å². The van der Waals surface area contributed by atoms with E-state index < -0.39 is 0 Å². The average molecular weight is 488 g/mol. The molecule has 2 rings (SSSR count). The van der Waals surface area contributed by atoms with E-state index >= 15 is 0 Å². The van der Waals surface area contributed by atoms with E-state index in [1.165, 1.54) is 6.08 Å². The zero-order chi connectivity index (χ0) is 21.8. The fraction of sp³-hybridized carbons (Fsp3) is 0.238. The lowest BCUT2D eigenvalue weighted by Crippen LogP contribution is -2.01. The van der Waals surface area contributed by atoms with E-state index in [9.17, 15) is 0 Å². The number of hydrogen-bond donors (Lipinski definition) is 0. The fourth-order valence-electron chi connectivity index (χ4n) is 2.20. The molecule has 0 spiro atoms. The SMILES string of the molecule is N#Cc1ccc(/C=N/OCCCCOc2c(Cl)cc(OCC=C(Cl)Cl)cc2Cl)cc1. The quantitative estimate of drug-likeness (QED) is 0.199. The zero-order valence-electron chi connectivity index (χ0n) is 15.8. The predicted octanol–water partition coefficient (Wildman–Crippen LogP) is 6.77. The summed E-state index contributed by atoms with van der Waals surface area (Å²) < 4.78 is 11.2. The Morgan fingerprint density at radius 2 is 1.67 bits per heavy atom. The molecule has 0 atom stereocenters. The Hall–Kier alpha value is -2.10. The third kappa shape index (κ3) is 8.73. The first-order chi connectivity index (χ1) is 14.5. The molecule has 0 fully saturated rings. The maximum absolute atomic E-state index is 8.76. The lowest BCUT2D eigenvalue weighted by atomic mass is 10.2. The molecule has 0 heterocycles. The van der Waals surface area contributed by atoms with Gasteiger partial charge in [-0.2, -0.15) is 5.26 Å². The number of unbranched alkanes of at least 4 members (excludes halogenated alkanes) is 1. The van der Waals surface area contributed by atoms with Crippen molar-refractivity contribution in [3.63, 3.8) is 0 Å². The van der Waals surface area contributed by atoms with E-state index in [0.717, 1.165) is 18.4 Å². The van der Waals surface area contributed by atoms with Crippen molar-refractivity contribution in [3.8, 4) is 17.6 Å². The summed E-state index contributed by atoms with van der Waals surface area (Å²) in [7, 11) is 0. The van der Waals surface area contributed by atoms with Gasteiger partial charge >= 0.3 is 0 Å². The first-order valence-corrected chi connectivity index (χ1v) is 10.4. The highest BCUT2D eigenvalue weighted by Gasteiger charge is 2.10. The molecule has 0 aliphatic rings. The summed E-state index contributed by atoms with van der Waals surface area (Å²) in [5.41, 5.74) is 1.46. The van der Waals surface area contributed by atoms with Gasteiger partial charge in [0.25, 0.3) is 0 Å². The van der Waals surface area contributed by atoms with Crippen LogP contribution < -0.4 is 9.47 Å². The molecule has 0 amide bonds. The molecule has 5 nitrogen and oxygen atoms in total. The molecule has 0 unspecified atom stereocenters. The van der Waals surface area contributed by atoms with E-state index in [-0.39, 0.29) is 11.1 Å². The minimum Gasteiger partial charge on any atom is -0.490 e. The molecule has 0 radical (unpaired) electrons. The van der Waals surface area contributed by atoms with Crippen molar-refractivity contribution in [2.75, 3.05) is 19.8 Å². The third-order valence-electron chi connectivity index (χ3n) is 3.65. The second kappa shape index (κ2) is 13.3. The summed E-state index contributed by atoms with van der Waals surface area (Å²) in [6, 6.07) is 12.3. The number of halogens is 4. The van der Waals surface area contributed by atoms with Crippen molar-refractivity contribution in [1.82, 2.24) is 0 Å². The zero-order valence-corrected chi connectivity index (χ0v) is 18.8. The van der Waals surface area contributed by atoms with Crippen LogP contribution in [0, 0.1) is 11.3 Å². The smallest absolute Gasteiger partial charge is 0.156 e. The Morgan fingerprint density at radius 1 is 1.00 bits per heavy atom. The molecule has 9 heteroatoms. The van der Waals surface area contributed by atoms with Crippen LogP contribution in [0.15, 0.2) is 52.1 Å². The van der Waals surface area contributed by atoms with Gasteiger partial charge in [-0.25, -0.2) is 0 Å². The minimum absolute atomic E-state index is 0.121. The molecule has 0 aromatic heterocycles. The van der Waals surface area contributed by atoms with Crippen LogP contribution in [0.1, 0.15) is 24.0 Å². The number of oxime groups is 1. The minimum atomic E-state index is 0.121. The van der Waals surface area contributed by atoms with Crippen LogP contribution in [0.4, 0.5) is 0 Å². The molecule has 0 saturated carbocycles. The second-order valence-corrected chi connectivity index (χ2v) is 7.70. The Labute approximate surface area is 195 Å². The standard InChI is InChI=1S/C21H18Cl4N2O3/c22-18-11-17(28-10-7-20(24)25)12-19(23)21(18)29-8-1-2-9-30-27-14-16-5-3-15(13-26)4-6-16/h3-7,11-12,14H,1-2,8-10H2/b27-14+. The summed E-state index contributed by atoms with van der Waals surface area (Å²) >= 11 is 23.5. The Morgan fingerprint density at radius 3 is 2.30 bits per heavy atom. The summed E-state index contributed by atoms with van der Waals surface area (Å²) in [6.45, 7) is 1.07. The molecular formula is C21H18Cl4N2O3. The van der Waals surface area contributed by atoms with Gasteiger partial charge < -0.3 is 14.3 Å². The summed E-state index contributed by atoms with van der Waals surface area (Å²) in [5, 5.41) is 13.4. The highest BCUT2D eigenvalue weighted by Crippen LogP contribution is 2.37. The topological polar surface area (TPSA) is 63.8 Å². The number of ether oxygens (including phenoxy) is 2. The number of hydrogen-bond acceptors (Lipinski definition) is 5. The van der Waals surface area contributed by atoms with Crippen molar-refractivity contribution in [2.24, 2.45) is 5.16 Å². The molecule has 30 heavy (non-hydrogen) atoms. The van der Waals surface area contributed by atoms with Crippen LogP contribution >= 0.6 is 46.4 Å². The van der Waals surface area contributed by atoms with Gasteiger partial charge in [-0.1, -0.05) is 63.7 Å². The lowest BCUT2D eigenvalue weighted by Gasteiger charge is -2.12. The Bertz CT molecular complexity index is 898. The van der Waals surface area contributed by atoms with Gasteiger partial charge in [0.1, 0.15) is 23.5 Å². The van der Waals surface area contributed by atoms with Crippen LogP contribution in [0.25, 0.3) is 0 Å². The summed E-state index contributed by atoms with van der Waals surface area (Å²) in [6.07, 6.45) is 4.58. The van der Waals surface area contributed by atoms with Gasteiger partial charge in [0.15, 0.2) is 5.75 Å². The van der Waals surface area contributed by atoms with Crippen LogP contribution in [-0.4, -0.2) is 26.0 Å². The van der Waals surface area contributed by atoms with E-state index in [1.54, 1.807) is 42.6 Å². The van der Waals surface area contributed by atoms with Gasteiger partial charge in [-0.15, -0.1) is 0 Å². The molecule has 0 aliphatic heterocycles. The largest absolute Gasteiger partial charge is 0.490 e. The molecule has 2 aromatic carbocycles. The number of nitrogens with zero attached hydrogens (tertiary/aromatic N) is 2. The van der Waals surface area contributed by atoms with Crippen LogP contribution in [-0.2, 0) is 4.84 Å². The molecule has 0 bridgehead atoms. The third-order valence-corrected chi connectivity index (χ3v) is 4.52. The maximum Gasteiger partial charge on any atom is 0.156 e. The summed E-state index contributed by atoms with van der Waals surface area (Å²) in [5.74, 6) is 0.882. The van der Waals surface area contributed by atoms with Gasteiger partial charge in [0, 0.05) is 12.1 Å². The second-order valence-electron chi connectivity index (χ2n) is 5.88. The van der Waals surface area contributed by atoms with Crippen molar-refractivity contribution < 1.29 is 14.3 Å². The maximum atomic E-state index is 8.76. The van der Waals surface area contributed by atoms with E-state index in [0.29, 0.717) is 40.3 Å². The molecule has 0 saturated heterocycles. The number of nitriles is 1.